The average molecular weight is 347 g/mol. The lowest BCUT2D eigenvalue weighted by Gasteiger charge is -2.07. The van der Waals surface area contributed by atoms with Crippen LogP contribution in [0.5, 0.6) is 0 Å². The number of fused-ring (bicyclic) bond motifs is 1. The van der Waals surface area contributed by atoms with Crippen molar-refractivity contribution in [1.82, 2.24) is 4.98 Å². The number of aryl methyl sites for hydroxylation is 2. The lowest BCUT2D eigenvalue weighted by molar-refractivity contribution is 0.748. The van der Waals surface area contributed by atoms with Crippen LogP contribution in [0, 0.1) is 6.92 Å². The smallest absolute Gasteiger partial charge is 0.0666 e. The first-order valence-corrected chi connectivity index (χ1v) is 8.63. The molecule has 1 aromatic heterocycles. The summed E-state index contributed by atoms with van der Waals surface area (Å²) in [5.41, 5.74) is 11.3. The number of rotatable bonds is 5. The van der Waals surface area contributed by atoms with E-state index in [-0.39, 0.29) is 0 Å². The number of benzene rings is 2. The van der Waals surface area contributed by atoms with Crippen molar-refractivity contribution in [3.63, 3.8) is 0 Å². The molecular weight excluding hydrogens is 327 g/mol. The SMILES string of the molecule is Cc1cccc(-c2[nH]c3c(Cl)ccc(Cl)c3c2CCCCN)c1. The molecule has 0 saturated carbocycles. The highest BCUT2D eigenvalue weighted by Crippen LogP contribution is 2.38. The van der Waals surface area contributed by atoms with Gasteiger partial charge in [-0.25, -0.2) is 0 Å². The molecule has 0 atom stereocenters. The first-order chi connectivity index (χ1) is 11.1. The maximum absolute atomic E-state index is 6.48. The molecule has 0 aliphatic carbocycles. The van der Waals surface area contributed by atoms with E-state index in [2.05, 4.69) is 36.2 Å². The van der Waals surface area contributed by atoms with Gasteiger partial charge in [0.1, 0.15) is 0 Å². The molecule has 0 aliphatic heterocycles. The molecule has 4 heteroatoms. The molecule has 0 unspecified atom stereocenters. The number of nitrogens with one attached hydrogen (secondary N) is 1. The lowest BCUT2D eigenvalue weighted by atomic mass is 9.99. The summed E-state index contributed by atoms with van der Waals surface area (Å²) in [5.74, 6) is 0. The Morgan fingerprint density at radius 3 is 2.57 bits per heavy atom. The highest BCUT2D eigenvalue weighted by Gasteiger charge is 2.17. The largest absolute Gasteiger partial charge is 0.353 e. The first kappa shape index (κ1) is 16.4. The first-order valence-electron chi connectivity index (χ1n) is 7.87. The second kappa shape index (κ2) is 6.96. The molecule has 3 N–H and O–H groups in total. The molecule has 0 spiro atoms. The van der Waals surface area contributed by atoms with E-state index in [4.69, 9.17) is 28.9 Å². The monoisotopic (exact) mass is 346 g/mol. The summed E-state index contributed by atoms with van der Waals surface area (Å²) in [7, 11) is 0. The molecule has 0 saturated heterocycles. The minimum absolute atomic E-state index is 0.698. The van der Waals surface area contributed by atoms with Crippen LogP contribution < -0.4 is 5.73 Å². The zero-order valence-corrected chi connectivity index (χ0v) is 14.6. The van der Waals surface area contributed by atoms with Crippen LogP contribution in [-0.2, 0) is 6.42 Å². The lowest BCUT2D eigenvalue weighted by Crippen LogP contribution is -1.99. The molecule has 0 aliphatic rings. The maximum Gasteiger partial charge on any atom is 0.0666 e. The highest BCUT2D eigenvalue weighted by atomic mass is 35.5. The van der Waals surface area contributed by atoms with Gasteiger partial charge in [-0.2, -0.15) is 0 Å². The molecule has 0 radical (unpaired) electrons. The maximum atomic E-state index is 6.48. The van der Waals surface area contributed by atoms with E-state index in [0.717, 1.165) is 46.4 Å². The Morgan fingerprint density at radius 1 is 1.04 bits per heavy atom. The van der Waals surface area contributed by atoms with Gasteiger partial charge in [0, 0.05) is 11.1 Å². The average Bonchev–Trinajstić information content (AvgIpc) is 2.92. The van der Waals surface area contributed by atoms with Gasteiger partial charge in [-0.05, 0) is 62.1 Å². The number of halogens is 2. The van der Waals surface area contributed by atoms with Gasteiger partial charge < -0.3 is 10.7 Å². The molecule has 1 heterocycles. The zero-order valence-electron chi connectivity index (χ0n) is 13.1. The minimum Gasteiger partial charge on any atom is -0.353 e. The van der Waals surface area contributed by atoms with Crippen molar-refractivity contribution in [2.45, 2.75) is 26.2 Å². The predicted molar refractivity (Wildman–Crippen MR) is 100 cm³/mol. The Hall–Kier alpha value is -1.48. The minimum atomic E-state index is 0.698. The van der Waals surface area contributed by atoms with E-state index < -0.39 is 0 Å². The van der Waals surface area contributed by atoms with Crippen molar-refractivity contribution in [2.75, 3.05) is 6.54 Å². The van der Waals surface area contributed by atoms with Crippen LogP contribution in [0.15, 0.2) is 36.4 Å². The van der Waals surface area contributed by atoms with Gasteiger partial charge >= 0.3 is 0 Å². The van der Waals surface area contributed by atoms with Crippen molar-refractivity contribution < 1.29 is 0 Å². The topological polar surface area (TPSA) is 41.8 Å². The molecule has 0 fully saturated rings. The fourth-order valence-corrected chi connectivity index (χ4v) is 3.51. The summed E-state index contributed by atoms with van der Waals surface area (Å²) in [6, 6.07) is 12.2. The zero-order chi connectivity index (χ0) is 16.4. The van der Waals surface area contributed by atoms with Crippen molar-refractivity contribution >= 4 is 34.1 Å². The Bertz CT molecular complexity index is 837. The van der Waals surface area contributed by atoms with Crippen LogP contribution in [0.1, 0.15) is 24.0 Å². The van der Waals surface area contributed by atoms with Gasteiger partial charge in [0.15, 0.2) is 0 Å². The Kier molecular flexibility index (Phi) is 4.96. The summed E-state index contributed by atoms with van der Waals surface area (Å²) in [4.78, 5) is 3.50. The van der Waals surface area contributed by atoms with Crippen LogP contribution in [0.2, 0.25) is 10.0 Å². The van der Waals surface area contributed by atoms with Crippen molar-refractivity contribution in [2.24, 2.45) is 5.73 Å². The molecule has 2 nitrogen and oxygen atoms in total. The van der Waals surface area contributed by atoms with Gasteiger partial charge in [0.05, 0.1) is 15.6 Å². The number of hydrogen-bond acceptors (Lipinski definition) is 1. The summed E-state index contributed by atoms with van der Waals surface area (Å²) >= 11 is 12.9. The Morgan fingerprint density at radius 2 is 1.83 bits per heavy atom. The van der Waals surface area contributed by atoms with Gasteiger partial charge in [0.25, 0.3) is 0 Å². The molecular formula is C19H20Cl2N2. The van der Waals surface area contributed by atoms with Crippen LogP contribution in [-0.4, -0.2) is 11.5 Å². The number of hydrogen-bond donors (Lipinski definition) is 2. The van der Waals surface area contributed by atoms with Crippen LogP contribution in [0.25, 0.3) is 22.2 Å². The number of aromatic nitrogens is 1. The van der Waals surface area contributed by atoms with Gasteiger partial charge in [-0.1, -0.05) is 47.0 Å². The number of H-pyrrole nitrogens is 1. The van der Waals surface area contributed by atoms with E-state index in [1.807, 2.05) is 12.1 Å². The molecule has 23 heavy (non-hydrogen) atoms. The third-order valence-corrected chi connectivity index (χ3v) is 4.77. The standard InChI is InChI=1S/C19H20Cl2N2/c1-12-5-4-6-13(11-12)18-14(7-2-3-10-22)17-15(20)8-9-16(21)19(17)23-18/h4-6,8-9,11,23H,2-3,7,10,22H2,1H3. The van der Waals surface area contributed by atoms with Gasteiger partial charge in [0.2, 0.25) is 0 Å². The van der Waals surface area contributed by atoms with Crippen LogP contribution in [0.4, 0.5) is 0 Å². The van der Waals surface area contributed by atoms with Crippen LogP contribution >= 0.6 is 23.2 Å². The third-order valence-electron chi connectivity index (χ3n) is 4.14. The van der Waals surface area contributed by atoms with Crippen molar-refractivity contribution in [3.05, 3.63) is 57.6 Å². The second-order valence-corrected chi connectivity index (χ2v) is 6.69. The van der Waals surface area contributed by atoms with Crippen LogP contribution in [0.3, 0.4) is 0 Å². The summed E-state index contributed by atoms with van der Waals surface area (Å²) < 4.78 is 0. The number of nitrogens with two attached hydrogens (primary N) is 1. The second-order valence-electron chi connectivity index (χ2n) is 5.87. The molecule has 0 amide bonds. The van der Waals surface area contributed by atoms with E-state index in [1.165, 1.54) is 11.1 Å². The highest BCUT2D eigenvalue weighted by molar-refractivity contribution is 6.40. The molecule has 2 aromatic carbocycles. The van der Waals surface area contributed by atoms with E-state index >= 15 is 0 Å². The molecule has 0 bridgehead atoms. The third kappa shape index (κ3) is 3.25. The van der Waals surface area contributed by atoms with E-state index in [1.54, 1.807) is 0 Å². The number of unbranched alkanes of at least 4 members (excludes halogenated alkanes) is 1. The predicted octanol–water partition coefficient (Wildman–Crippen LogP) is 5.73. The number of aromatic amines is 1. The van der Waals surface area contributed by atoms with Gasteiger partial charge in [-0.15, -0.1) is 0 Å². The summed E-state index contributed by atoms with van der Waals surface area (Å²) in [5, 5.41) is 2.47. The molecule has 120 valence electrons. The quantitative estimate of drug-likeness (QED) is 0.569. The Labute approximate surface area is 146 Å². The fraction of sp³-hybridized carbons (Fsp3) is 0.263. The summed E-state index contributed by atoms with van der Waals surface area (Å²) in [6.45, 7) is 2.80. The Balaban J connectivity index is 2.21. The molecule has 3 aromatic rings. The normalized spacial score (nSPS) is 11.3. The van der Waals surface area contributed by atoms with Gasteiger partial charge in [-0.3, -0.25) is 0 Å². The van der Waals surface area contributed by atoms with E-state index in [0.29, 0.717) is 11.6 Å². The van der Waals surface area contributed by atoms with E-state index in [9.17, 15) is 0 Å². The van der Waals surface area contributed by atoms with Crippen molar-refractivity contribution in [3.8, 4) is 11.3 Å². The molecule has 3 rings (SSSR count). The fourth-order valence-electron chi connectivity index (χ4n) is 3.04. The van der Waals surface area contributed by atoms with Crippen molar-refractivity contribution in [1.29, 1.82) is 0 Å². The summed E-state index contributed by atoms with van der Waals surface area (Å²) in [6.07, 6.45) is 2.96.